The van der Waals surface area contributed by atoms with Gasteiger partial charge < -0.3 is 9.13 Å². The van der Waals surface area contributed by atoms with Crippen LogP contribution in [0.4, 0.5) is 0 Å². The van der Waals surface area contributed by atoms with E-state index in [-0.39, 0.29) is 11.3 Å². The molecule has 1 aromatic carbocycles. The summed E-state index contributed by atoms with van der Waals surface area (Å²) in [6, 6.07) is 5.75. The van der Waals surface area contributed by atoms with Crippen molar-refractivity contribution in [1.82, 2.24) is 33.2 Å². The van der Waals surface area contributed by atoms with Crippen LogP contribution in [0.2, 0.25) is 0 Å². The second kappa shape index (κ2) is 28.0. The Kier molecular flexibility index (Phi) is 22.3. The van der Waals surface area contributed by atoms with Crippen molar-refractivity contribution < 1.29 is 0 Å². The first-order chi connectivity index (χ1) is 31.3. The van der Waals surface area contributed by atoms with E-state index in [9.17, 15) is 19.2 Å². The summed E-state index contributed by atoms with van der Waals surface area (Å²) in [5.74, 6) is 0.674. The molecule has 0 aromatic heterocycles. The van der Waals surface area contributed by atoms with Gasteiger partial charge in [0.2, 0.25) is 0 Å². The molecule has 0 spiro atoms. The lowest BCUT2D eigenvalue weighted by Gasteiger charge is -2.21. The van der Waals surface area contributed by atoms with Gasteiger partial charge in [-0.05, 0) is 31.0 Å². The van der Waals surface area contributed by atoms with Gasteiger partial charge in [-0.3, -0.25) is 18.7 Å². The Bertz CT molecular complexity index is 2160. The molecule has 0 aliphatic carbocycles. The Morgan fingerprint density at radius 1 is 0.391 bits per heavy atom. The van der Waals surface area contributed by atoms with E-state index in [1.165, 1.54) is 181 Å². The molecule has 11 heteroatoms. The molecule has 0 N–H and O–H groups in total. The topological polar surface area (TPSA) is 127 Å². The van der Waals surface area contributed by atoms with Gasteiger partial charge in [-0.25, -0.2) is 14.6 Å². The average Bonchev–Trinajstić information content (AvgIpc) is 3.29. The molecule has 4 aliphatic rings. The van der Waals surface area contributed by atoms with Gasteiger partial charge in [-0.1, -0.05) is 206 Å². The van der Waals surface area contributed by atoms with Crippen molar-refractivity contribution in [3.05, 3.63) is 59.9 Å². The SMILES string of the molecule is CCCCCCCCCCCCCCCCCCn1c2nc(=O)n(C)c(=O)c-2cc2cc3nc4c(=O)n(C)c(=O)nc-4n(CCCCCCCCCCCCCCCCCC)c3cc21. The standard InChI is InChI=1S/C53H83N7O4/c1-5-7-9-11-13-15-17-19-21-23-25-27-29-31-33-35-37-59-45-41-46-44(40-42(45)39-43-48(59)55-52(63)57(3)50(43)61)54-47-49(56-53(64)58(4)51(47)62)60(46)38-36-34-32-30-28-26-24-22-20-18-16-14-12-10-8-6-2/h39-41H,5-38H2,1-4H3. The first-order valence-electron chi connectivity index (χ1n) is 26.1. The van der Waals surface area contributed by atoms with E-state index < -0.39 is 16.9 Å². The van der Waals surface area contributed by atoms with Crippen molar-refractivity contribution in [1.29, 1.82) is 0 Å². The molecule has 0 bridgehead atoms. The first kappa shape index (κ1) is 50.8. The second-order valence-corrected chi connectivity index (χ2v) is 19.0. The molecule has 4 aliphatic heterocycles. The number of benzene rings is 1. The summed E-state index contributed by atoms with van der Waals surface area (Å²) in [4.78, 5) is 66.5. The number of hydrogen-bond donors (Lipinski definition) is 0. The minimum Gasteiger partial charge on any atom is -0.325 e. The Balaban J connectivity index is 1.23. The molecule has 0 unspecified atom stereocenters. The zero-order valence-corrected chi connectivity index (χ0v) is 40.5. The maximum absolute atomic E-state index is 13.5. The number of nitrogens with zero attached hydrogens (tertiary/aromatic N) is 7. The Labute approximate surface area is 383 Å². The fourth-order valence-corrected chi connectivity index (χ4v) is 9.60. The third kappa shape index (κ3) is 14.9. The predicted molar refractivity (Wildman–Crippen MR) is 266 cm³/mol. The molecule has 0 saturated heterocycles. The van der Waals surface area contributed by atoms with E-state index in [1.54, 1.807) is 6.07 Å². The van der Waals surface area contributed by atoms with E-state index in [2.05, 4.69) is 23.8 Å². The molecule has 0 atom stereocenters. The molecule has 0 radical (unpaired) electrons. The van der Waals surface area contributed by atoms with Crippen LogP contribution < -0.4 is 22.5 Å². The summed E-state index contributed by atoms with van der Waals surface area (Å²) in [5.41, 5.74) is 0.663. The van der Waals surface area contributed by atoms with E-state index in [4.69, 9.17) is 4.98 Å². The molecule has 64 heavy (non-hydrogen) atoms. The number of hydrogen-bond acceptors (Lipinski definition) is 7. The highest BCUT2D eigenvalue weighted by molar-refractivity contribution is 5.97. The van der Waals surface area contributed by atoms with Gasteiger partial charge in [0, 0.05) is 32.6 Å². The lowest BCUT2D eigenvalue weighted by Crippen LogP contribution is -2.36. The smallest absolute Gasteiger partial charge is 0.325 e. The van der Waals surface area contributed by atoms with Gasteiger partial charge in [0.15, 0.2) is 17.3 Å². The number of aryl methyl sites for hydroxylation is 2. The number of pyridine rings is 1. The third-order valence-corrected chi connectivity index (χ3v) is 13.7. The van der Waals surface area contributed by atoms with E-state index >= 15 is 0 Å². The number of unbranched alkanes of at least 4 members (excludes halogenated alkanes) is 30. The Morgan fingerprint density at radius 3 is 1.17 bits per heavy atom. The molecule has 1 aromatic rings. The number of fused-ring (bicyclic) bond motifs is 4. The highest BCUT2D eigenvalue weighted by atomic mass is 16.2. The largest absolute Gasteiger partial charge is 0.352 e. The highest BCUT2D eigenvalue weighted by Crippen LogP contribution is 2.31. The molecule has 0 fully saturated rings. The van der Waals surface area contributed by atoms with Crippen molar-refractivity contribution in [2.75, 3.05) is 0 Å². The van der Waals surface area contributed by atoms with Crippen LogP contribution in [-0.4, -0.2) is 33.2 Å². The molecule has 11 nitrogen and oxygen atoms in total. The molecular weight excluding hydrogens is 799 g/mol. The lowest BCUT2D eigenvalue weighted by atomic mass is 10.0. The second-order valence-electron chi connectivity index (χ2n) is 19.0. The minimum atomic E-state index is -0.604. The van der Waals surface area contributed by atoms with Crippen LogP contribution in [-0.2, 0) is 27.2 Å². The Hall–Kier alpha value is -4.15. The van der Waals surface area contributed by atoms with Crippen molar-refractivity contribution >= 4 is 21.9 Å². The average molecular weight is 882 g/mol. The van der Waals surface area contributed by atoms with E-state index in [1.807, 2.05) is 21.3 Å². The Morgan fingerprint density at radius 2 is 0.750 bits per heavy atom. The summed E-state index contributed by atoms with van der Waals surface area (Å²) in [6.07, 6.45) is 40.9. The van der Waals surface area contributed by atoms with Crippen molar-refractivity contribution in [2.45, 2.75) is 232 Å². The zero-order chi connectivity index (χ0) is 45.5. The maximum atomic E-state index is 13.5. The summed E-state index contributed by atoms with van der Waals surface area (Å²) in [5, 5.41) is 0.778. The monoisotopic (exact) mass is 882 g/mol. The molecular formula is C53H83N7O4. The molecule has 354 valence electrons. The fraction of sp³-hybridized carbons (Fsp3) is 0.717. The van der Waals surface area contributed by atoms with Gasteiger partial charge in [-0.2, -0.15) is 9.97 Å². The van der Waals surface area contributed by atoms with Crippen molar-refractivity contribution in [2.24, 2.45) is 14.1 Å². The highest BCUT2D eigenvalue weighted by Gasteiger charge is 2.23. The van der Waals surface area contributed by atoms with E-state index in [0.717, 1.165) is 64.1 Å². The summed E-state index contributed by atoms with van der Waals surface area (Å²) >= 11 is 0. The van der Waals surface area contributed by atoms with Crippen LogP contribution in [0, 0.1) is 0 Å². The van der Waals surface area contributed by atoms with Gasteiger partial charge in [0.1, 0.15) is 0 Å². The summed E-state index contributed by atoms with van der Waals surface area (Å²) in [7, 11) is 2.90. The lowest BCUT2D eigenvalue weighted by molar-refractivity contribution is 0.521. The first-order valence-corrected chi connectivity index (χ1v) is 26.1. The predicted octanol–water partition coefficient (Wildman–Crippen LogP) is 12.6. The van der Waals surface area contributed by atoms with Crippen molar-refractivity contribution in [3.8, 4) is 22.9 Å². The summed E-state index contributed by atoms with van der Waals surface area (Å²) in [6.45, 7) is 5.72. The fourth-order valence-electron chi connectivity index (χ4n) is 9.60. The van der Waals surface area contributed by atoms with Gasteiger partial charge in [0.25, 0.3) is 11.1 Å². The van der Waals surface area contributed by atoms with Crippen LogP contribution in [0.3, 0.4) is 0 Å². The van der Waals surface area contributed by atoms with Crippen LogP contribution in [0.25, 0.3) is 44.8 Å². The number of aromatic nitrogens is 7. The van der Waals surface area contributed by atoms with Crippen LogP contribution >= 0.6 is 0 Å². The minimum absolute atomic E-state index is 0.154. The quantitative estimate of drug-likeness (QED) is 0.0297. The van der Waals surface area contributed by atoms with Crippen LogP contribution in [0.5, 0.6) is 0 Å². The van der Waals surface area contributed by atoms with Crippen LogP contribution in [0.1, 0.15) is 219 Å². The molecule has 5 rings (SSSR count). The maximum Gasteiger partial charge on any atom is 0.352 e. The molecule has 0 saturated carbocycles. The molecule has 4 heterocycles. The van der Waals surface area contributed by atoms with Crippen molar-refractivity contribution in [3.63, 3.8) is 0 Å². The van der Waals surface area contributed by atoms with Gasteiger partial charge >= 0.3 is 11.4 Å². The number of rotatable bonds is 34. The third-order valence-electron chi connectivity index (χ3n) is 13.7. The normalized spacial score (nSPS) is 11.9. The van der Waals surface area contributed by atoms with Gasteiger partial charge in [0.05, 0.1) is 22.1 Å². The van der Waals surface area contributed by atoms with Crippen LogP contribution in [0.15, 0.2) is 37.4 Å². The van der Waals surface area contributed by atoms with Gasteiger partial charge in [-0.15, -0.1) is 0 Å². The summed E-state index contributed by atoms with van der Waals surface area (Å²) < 4.78 is 6.08. The van der Waals surface area contributed by atoms with E-state index in [0.29, 0.717) is 35.8 Å². The molecule has 0 amide bonds. The zero-order valence-electron chi connectivity index (χ0n) is 40.5.